The van der Waals surface area contributed by atoms with Gasteiger partial charge in [0.15, 0.2) is 5.96 Å². The molecule has 0 bridgehead atoms. The Bertz CT molecular complexity index is 538. The van der Waals surface area contributed by atoms with Crippen LogP contribution in [0.1, 0.15) is 37.7 Å². The number of aliphatic imine (C=N–C) groups is 1. The van der Waals surface area contributed by atoms with Gasteiger partial charge in [0.1, 0.15) is 0 Å². The van der Waals surface area contributed by atoms with E-state index < -0.39 is 0 Å². The Morgan fingerprint density at radius 2 is 1.75 bits per heavy atom. The van der Waals surface area contributed by atoms with Crippen LogP contribution in [0.3, 0.4) is 0 Å². The van der Waals surface area contributed by atoms with Crippen LogP contribution in [0.5, 0.6) is 0 Å². The molecule has 0 amide bonds. The predicted octanol–water partition coefficient (Wildman–Crippen LogP) is 3.92. The third-order valence-corrected chi connectivity index (χ3v) is 5.66. The summed E-state index contributed by atoms with van der Waals surface area (Å²) in [5, 5.41) is 0. The highest BCUT2D eigenvalue weighted by Crippen LogP contribution is 2.35. The minimum absolute atomic E-state index is 0. The van der Waals surface area contributed by atoms with Crippen LogP contribution in [0.4, 0.5) is 0 Å². The Hall–Kier alpha value is -0.340. The molecule has 0 aromatic heterocycles. The molecule has 134 valence electrons. The van der Waals surface area contributed by atoms with E-state index in [1.807, 2.05) is 0 Å². The molecule has 0 radical (unpaired) electrons. The molecule has 2 saturated heterocycles. The molecule has 1 aromatic rings. The van der Waals surface area contributed by atoms with Gasteiger partial charge in [0.2, 0.25) is 0 Å². The normalized spacial score (nSPS) is 21.2. The van der Waals surface area contributed by atoms with Crippen molar-refractivity contribution < 1.29 is 4.74 Å². The minimum Gasteiger partial charge on any atom is -0.381 e. The van der Waals surface area contributed by atoms with Gasteiger partial charge in [0.05, 0.1) is 6.54 Å². The number of ether oxygens (including phenoxy) is 1. The molecule has 24 heavy (non-hydrogen) atoms. The summed E-state index contributed by atoms with van der Waals surface area (Å²) in [5.41, 5.74) is 7.67. The van der Waals surface area contributed by atoms with E-state index in [-0.39, 0.29) is 29.4 Å². The van der Waals surface area contributed by atoms with Crippen LogP contribution < -0.4 is 5.73 Å². The summed E-state index contributed by atoms with van der Waals surface area (Å²) >= 11 is 3.52. The number of piperidine rings is 1. The molecular weight excluding hydrogens is 481 g/mol. The topological polar surface area (TPSA) is 50.9 Å². The van der Waals surface area contributed by atoms with Crippen molar-refractivity contribution >= 4 is 45.9 Å². The first-order valence-electron chi connectivity index (χ1n) is 8.58. The van der Waals surface area contributed by atoms with E-state index in [1.54, 1.807) is 0 Å². The molecule has 6 heteroatoms. The number of guanidine groups is 1. The maximum absolute atomic E-state index is 6.26. The van der Waals surface area contributed by atoms with Gasteiger partial charge < -0.3 is 15.4 Å². The standard InChI is InChI=1S/C18H26BrN3O.HI/c19-16-6-4-15(5-7-16)18(8-12-23-13-9-18)14-21-17(20)22-10-2-1-3-11-22;/h4-7H,1-3,8-14H2,(H2,20,21);1H. The second-order valence-electron chi connectivity index (χ2n) is 6.62. The van der Waals surface area contributed by atoms with E-state index in [9.17, 15) is 0 Å². The van der Waals surface area contributed by atoms with Gasteiger partial charge in [-0.2, -0.15) is 0 Å². The Kier molecular flexibility index (Phi) is 7.81. The van der Waals surface area contributed by atoms with Crippen LogP contribution in [0.25, 0.3) is 0 Å². The summed E-state index contributed by atoms with van der Waals surface area (Å²) in [7, 11) is 0. The molecule has 1 aromatic carbocycles. The molecule has 2 aliphatic heterocycles. The number of halogens is 2. The zero-order chi connectivity index (χ0) is 16.1. The van der Waals surface area contributed by atoms with Crippen molar-refractivity contribution in [3.05, 3.63) is 34.3 Å². The van der Waals surface area contributed by atoms with Crippen molar-refractivity contribution in [2.45, 2.75) is 37.5 Å². The van der Waals surface area contributed by atoms with Gasteiger partial charge in [-0.25, -0.2) is 0 Å². The molecule has 2 heterocycles. The van der Waals surface area contributed by atoms with E-state index in [2.05, 4.69) is 45.1 Å². The molecule has 0 unspecified atom stereocenters. The lowest BCUT2D eigenvalue weighted by molar-refractivity contribution is 0.0530. The number of hydrogen-bond acceptors (Lipinski definition) is 2. The molecule has 2 aliphatic rings. The minimum atomic E-state index is 0. The smallest absolute Gasteiger partial charge is 0.191 e. The molecule has 3 rings (SSSR count). The summed E-state index contributed by atoms with van der Waals surface area (Å²) in [4.78, 5) is 7.03. The van der Waals surface area contributed by atoms with E-state index in [4.69, 9.17) is 15.5 Å². The molecule has 0 spiro atoms. The largest absolute Gasteiger partial charge is 0.381 e. The second kappa shape index (κ2) is 9.38. The van der Waals surface area contributed by atoms with Gasteiger partial charge in [0, 0.05) is 36.2 Å². The number of nitrogens with two attached hydrogens (primary N) is 1. The van der Waals surface area contributed by atoms with Crippen molar-refractivity contribution in [1.29, 1.82) is 0 Å². The zero-order valence-corrected chi connectivity index (χ0v) is 18.0. The molecule has 2 N–H and O–H groups in total. The molecule has 0 saturated carbocycles. The van der Waals surface area contributed by atoms with Gasteiger partial charge in [-0.1, -0.05) is 28.1 Å². The van der Waals surface area contributed by atoms with Crippen molar-refractivity contribution in [1.82, 2.24) is 4.90 Å². The third kappa shape index (κ3) is 4.85. The summed E-state index contributed by atoms with van der Waals surface area (Å²) in [6.07, 6.45) is 5.77. The van der Waals surface area contributed by atoms with Crippen molar-refractivity contribution in [3.8, 4) is 0 Å². The monoisotopic (exact) mass is 507 g/mol. The number of nitrogens with zero attached hydrogens (tertiary/aromatic N) is 2. The van der Waals surface area contributed by atoms with Gasteiger partial charge in [-0.15, -0.1) is 24.0 Å². The van der Waals surface area contributed by atoms with Crippen molar-refractivity contribution in [2.75, 3.05) is 32.8 Å². The van der Waals surface area contributed by atoms with E-state index >= 15 is 0 Å². The second-order valence-corrected chi connectivity index (χ2v) is 7.54. The first kappa shape index (κ1) is 20.0. The third-order valence-electron chi connectivity index (χ3n) is 5.13. The van der Waals surface area contributed by atoms with Gasteiger partial charge in [-0.05, 0) is 49.8 Å². The zero-order valence-electron chi connectivity index (χ0n) is 14.0. The Balaban J connectivity index is 0.00000208. The lowest BCUT2D eigenvalue weighted by Crippen LogP contribution is -2.43. The summed E-state index contributed by atoms with van der Waals surface area (Å²) < 4.78 is 6.70. The molecule has 2 fully saturated rings. The number of likely N-dealkylation sites (tertiary alicyclic amines) is 1. The van der Waals surface area contributed by atoms with Gasteiger partial charge in [0.25, 0.3) is 0 Å². The van der Waals surface area contributed by atoms with Crippen molar-refractivity contribution in [2.24, 2.45) is 10.7 Å². The number of rotatable bonds is 3. The lowest BCUT2D eigenvalue weighted by atomic mass is 9.74. The molecule has 0 aliphatic carbocycles. The Labute approximate surface area is 170 Å². The SMILES string of the molecule is I.NC(=NCC1(c2ccc(Br)cc2)CCOCC1)N1CCCCC1. The highest BCUT2D eigenvalue weighted by Gasteiger charge is 2.34. The maximum atomic E-state index is 6.26. The van der Waals surface area contributed by atoms with Crippen LogP contribution in [0, 0.1) is 0 Å². The summed E-state index contributed by atoms with van der Waals surface area (Å²) in [6.45, 7) is 4.44. The van der Waals surface area contributed by atoms with Crippen LogP contribution >= 0.6 is 39.9 Å². The van der Waals surface area contributed by atoms with E-state index in [0.29, 0.717) is 5.96 Å². The van der Waals surface area contributed by atoms with Crippen LogP contribution in [0.15, 0.2) is 33.7 Å². The highest BCUT2D eigenvalue weighted by molar-refractivity contribution is 14.0. The lowest BCUT2D eigenvalue weighted by Gasteiger charge is -2.37. The first-order valence-corrected chi connectivity index (χ1v) is 9.38. The summed E-state index contributed by atoms with van der Waals surface area (Å²) in [6, 6.07) is 8.65. The average molecular weight is 508 g/mol. The number of hydrogen-bond donors (Lipinski definition) is 1. The molecule has 0 atom stereocenters. The molecule has 4 nitrogen and oxygen atoms in total. The fraction of sp³-hybridized carbons (Fsp3) is 0.611. The van der Waals surface area contributed by atoms with E-state index in [0.717, 1.165) is 50.2 Å². The van der Waals surface area contributed by atoms with Crippen molar-refractivity contribution in [3.63, 3.8) is 0 Å². The quantitative estimate of drug-likeness (QED) is 0.383. The fourth-order valence-electron chi connectivity index (χ4n) is 3.56. The summed E-state index contributed by atoms with van der Waals surface area (Å²) in [5.74, 6) is 0.715. The van der Waals surface area contributed by atoms with Gasteiger partial charge >= 0.3 is 0 Å². The Morgan fingerprint density at radius 1 is 1.12 bits per heavy atom. The van der Waals surface area contributed by atoms with Crippen LogP contribution in [-0.2, 0) is 10.2 Å². The predicted molar refractivity (Wildman–Crippen MR) is 113 cm³/mol. The Morgan fingerprint density at radius 3 is 2.38 bits per heavy atom. The number of benzene rings is 1. The average Bonchev–Trinajstić information content (AvgIpc) is 2.62. The maximum Gasteiger partial charge on any atom is 0.191 e. The highest BCUT2D eigenvalue weighted by atomic mass is 127. The van der Waals surface area contributed by atoms with Gasteiger partial charge in [-0.3, -0.25) is 4.99 Å². The van der Waals surface area contributed by atoms with E-state index in [1.165, 1.54) is 24.8 Å². The first-order chi connectivity index (χ1) is 11.2. The fourth-order valence-corrected chi connectivity index (χ4v) is 3.82. The van der Waals surface area contributed by atoms with Crippen LogP contribution in [0.2, 0.25) is 0 Å². The van der Waals surface area contributed by atoms with Crippen LogP contribution in [-0.4, -0.2) is 43.7 Å². The molecular formula is C18H27BrIN3O.